The maximum Gasteiger partial charge on any atom is 0.227 e. The number of hydrogen-bond acceptors (Lipinski definition) is 4. The number of benzene rings is 1. The molecule has 1 aromatic carbocycles. The van der Waals surface area contributed by atoms with E-state index in [1.54, 1.807) is 23.1 Å². The molecule has 1 aliphatic carbocycles. The molecule has 0 bridgehead atoms. The van der Waals surface area contributed by atoms with Gasteiger partial charge in [-0.25, -0.2) is 0 Å². The molecule has 1 aromatic rings. The highest BCUT2D eigenvalue weighted by molar-refractivity contribution is 6.31. The number of carbonyl (C=O) groups is 2. The molecule has 2 fully saturated rings. The van der Waals surface area contributed by atoms with Crippen LogP contribution in [-0.2, 0) is 9.59 Å². The molecule has 1 heterocycles. The normalized spacial score (nSPS) is 21.7. The molecule has 24 heavy (non-hydrogen) atoms. The molecule has 0 aromatic heterocycles. The molecule has 0 radical (unpaired) electrons. The van der Waals surface area contributed by atoms with Crippen molar-refractivity contribution in [2.45, 2.75) is 25.3 Å². The number of hydrogen-bond donors (Lipinski definition) is 2. The van der Waals surface area contributed by atoms with E-state index >= 15 is 0 Å². The zero-order valence-electron chi connectivity index (χ0n) is 13.6. The highest BCUT2D eigenvalue weighted by Crippen LogP contribution is 2.35. The van der Waals surface area contributed by atoms with Crippen molar-refractivity contribution in [1.82, 2.24) is 5.32 Å². The highest BCUT2D eigenvalue weighted by atomic mass is 35.5. The number of nitrogens with two attached hydrogens (primary N) is 1. The molecule has 1 aliphatic heterocycles. The van der Waals surface area contributed by atoms with E-state index in [-0.39, 0.29) is 30.2 Å². The lowest BCUT2D eigenvalue weighted by molar-refractivity contribution is -0.126. The summed E-state index contributed by atoms with van der Waals surface area (Å²) < 4.78 is 5.30. The second-order valence-corrected chi connectivity index (χ2v) is 6.90. The number of ether oxygens (including phenoxy) is 1. The largest absolute Gasteiger partial charge is 0.495 e. The van der Waals surface area contributed by atoms with Gasteiger partial charge in [0.1, 0.15) is 5.75 Å². The van der Waals surface area contributed by atoms with E-state index in [0.717, 1.165) is 12.8 Å². The van der Waals surface area contributed by atoms with Crippen molar-refractivity contribution in [3.8, 4) is 5.75 Å². The van der Waals surface area contributed by atoms with Crippen molar-refractivity contribution in [2.24, 2.45) is 17.6 Å². The number of anilines is 1. The van der Waals surface area contributed by atoms with E-state index in [4.69, 9.17) is 22.1 Å². The van der Waals surface area contributed by atoms with Crippen LogP contribution in [0, 0.1) is 11.8 Å². The zero-order chi connectivity index (χ0) is 17.3. The van der Waals surface area contributed by atoms with Crippen molar-refractivity contribution in [1.29, 1.82) is 0 Å². The molecule has 2 amide bonds. The van der Waals surface area contributed by atoms with Crippen LogP contribution in [0.3, 0.4) is 0 Å². The van der Waals surface area contributed by atoms with E-state index in [1.165, 1.54) is 7.11 Å². The maximum absolute atomic E-state index is 12.3. The molecule has 1 saturated carbocycles. The van der Waals surface area contributed by atoms with E-state index < -0.39 is 0 Å². The number of halogens is 1. The first-order valence-electron chi connectivity index (χ1n) is 8.16. The standard InChI is InChI=1S/C17H22ClN3O3/c1-24-15-5-4-12(18)7-14(15)21-9-11(6-16(21)22)17(23)20-8-13(19)10-2-3-10/h4-5,7,10-11,13H,2-3,6,8-9,19H2,1H3,(H,20,23). The molecule has 2 unspecified atom stereocenters. The van der Waals surface area contributed by atoms with E-state index in [0.29, 0.717) is 35.5 Å². The number of rotatable bonds is 6. The van der Waals surface area contributed by atoms with Crippen LogP contribution in [0.5, 0.6) is 5.75 Å². The van der Waals surface area contributed by atoms with Gasteiger partial charge in [0, 0.05) is 30.6 Å². The minimum Gasteiger partial charge on any atom is -0.495 e. The summed E-state index contributed by atoms with van der Waals surface area (Å²) in [6, 6.07) is 5.11. The van der Waals surface area contributed by atoms with Gasteiger partial charge in [-0.3, -0.25) is 9.59 Å². The van der Waals surface area contributed by atoms with Crippen LogP contribution in [0.25, 0.3) is 0 Å². The van der Waals surface area contributed by atoms with Gasteiger partial charge in [0.15, 0.2) is 0 Å². The predicted molar refractivity (Wildman–Crippen MR) is 92.2 cm³/mol. The monoisotopic (exact) mass is 351 g/mol. The molecular formula is C17H22ClN3O3. The van der Waals surface area contributed by atoms with Crippen LogP contribution >= 0.6 is 11.6 Å². The minimum atomic E-state index is -0.382. The number of amides is 2. The molecule has 3 N–H and O–H groups in total. The topological polar surface area (TPSA) is 84.7 Å². The Morgan fingerprint density at radius 3 is 2.92 bits per heavy atom. The summed E-state index contributed by atoms with van der Waals surface area (Å²) in [6.07, 6.45) is 2.46. The molecule has 1 saturated heterocycles. The summed E-state index contributed by atoms with van der Waals surface area (Å²) >= 11 is 6.03. The van der Waals surface area contributed by atoms with Gasteiger partial charge in [-0.2, -0.15) is 0 Å². The Bertz CT molecular complexity index is 648. The molecule has 130 valence electrons. The Morgan fingerprint density at radius 1 is 1.50 bits per heavy atom. The van der Waals surface area contributed by atoms with Crippen LogP contribution in [-0.4, -0.2) is 38.1 Å². The summed E-state index contributed by atoms with van der Waals surface area (Å²) in [5, 5.41) is 3.39. The Kier molecular flexibility index (Phi) is 4.96. The Balaban J connectivity index is 1.64. The lowest BCUT2D eigenvalue weighted by Crippen LogP contribution is -2.41. The van der Waals surface area contributed by atoms with Crippen LogP contribution in [0.1, 0.15) is 19.3 Å². The summed E-state index contributed by atoms with van der Waals surface area (Å²) in [5.74, 6) is 0.477. The first-order valence-corrected chi connectivity index (χ1v) is 8.54. The lowest BCUT2D eigenvalue weighted by Gasteiger charge is -2.20. The van der Waals surface area contributed by atoms with Crippen LogP contribution < -0.4 is 20.7 Å². The van der Waals surface area contributed by atoms with Crippen molar-refractivity contribution in [2.75, 3.05) is 25.1 Å². The fourth-order valence-electron chi connectivity index (χ4n) is 3.04. The minimum absolute atomic E-state index is 0.00943. The maximum atomic E-state index is 12.3. The van der Waals surface area contributed by atoms with Crippen LogP contribution in [0.15, 0.2) is 18.2 Å². The molecule has 2 atom stereocenters. The summed E-state index contributed by atoms with van der Waals surface area (Å²) in [4.78, 5) is 26.2. The van der Waals surface area contributed by atoms with Crippen molar-refractivity contribution in [3.05, 3.63) is 23.2 Å². The van der Waals surface area contributed by atoms with Gasteiger partial charge >= 0.3 is 0 Å². The van der Waals surface area contributed by atoms with Gasteiger partial charge < -0.3 is 20.7 Å². The molecule has 7 heteroatoms. The van der Waals surface area contributed by atoms with Crippen molar-refractivity contribution in [3.63, 3.8) is 0 Å². The van der Waals surface area contributed by atoms with E-state index in [2.05, 4.69) is 5.32 Å². The van der Waals surface area contributed by atoms with Gasteiger partial charge in [0.2, 0.25) is 11.8 Å². The quantitative estimate of drug-likeness (QED) is 0.814. The molecule has 3 rings (SSSR count). The fourth-order valence-corrected chi connectivity index (χ4v) is 3.21. The molecular weight excluding hydrogens is 330 g/mol. The van der Waals surface area contributed by atoms with Gasteiger partial charge in [-0.1, -0.05) is 11.6 Å². The number of nitrogens with zero attached hydrogens (tertiary/aromatic N) is 1. The van der Waals surface area contributed by atoms with Crippen LogP contribution in [0.2, 0.25) is 5.02 Å². The predicted octanol–water partition coefficient (Wildman–Crippen LogP) is 1.55. The third kappa shape index (κ3) is 3.65. The summed E-state index contributed by atoms with van der Waals surface area (Å²) in [6.45, 7) is 0.786. The fraction of sp³-hybridized carbons (Fsp3) is 0.529. The second kappa shape index (κ2) is 6.99. The third-order valence-corrected chi connectivity index (χ3v) is 4.90. The van der Waals surface area contributed by atoms with Gasteiger partial charge in [-0.05, 0) is 37.0 Å². The average Bonchev–Trinajstić information content (AvgIpc) is 3.34. The third-order valence-electron chi connectivity index (χ3n) is 4.67. The average molecular weight is 352 g/mol. The van der Waals surface area contributed by atoms with E-state index in [1.807, 2.05) is 0 Å². The number of methoxy groups -OCH3 is 1. The van der Waals surface area contributed by atoms with Crippen molar-refractivity contribution < 1.29 is 14.3 Å². The first kappa shape index (κ1) is 17.0. The highest BCUT2D eigenvalue weighted by Gasteiger charge is 2.37. The summed E-state index contributed by atoms with van der Waals surface area (Å²) in [7, 11) is 1.54. The zero-order valence-corrected chi connectivity index (χ0v) is 14.4. The number of carbonyl (C=O) groups excluding carboxylic acids is 2. The molecule has 0 spiro atoms. The van der Waals surface area contributed by atoms with Crippen LogP contribution in [0.4, 0.5) is 5.69 Å². The Hall–Kier alpha value is -1.79. The second-order valence-electron chi connectivity index (χ2n) is 6.47. The smallest absolute Gasteiger partial charge is 0.227 e. The summed E-state index contributed by atoms with van der Waals surface area (Å²) in [5.41, 5.74) is 6.60. The SMILES string of the molecule is COc1ccc(Cl)cc1N1CC(C(=O)NCC(N)C2CC2)CC1=O. The first-order chi connectivity index (χ1) is 11.5. The van der Waals surface area contributed by atoms with Crippen molar-refractivity contribution >= 4 is 29.1 Å². The Labute approximate surface area is 146 Å². The number of nitrogens with one attached hydrogen (secondary N) is 1. The van der Waals surface area contributed by atoms with Gasteiger partial charge in [0.25, 0.3) is 0 Å². The lowest BCUT2D eigenvalue weighted by atomic mass is 10.1. The molecule has 2 aliphatic rings. The Morgan fingerprint density at radius 2 is 2.25 bits per heavy atom. The molecule has 6 nitrogen and oxygen atoms in total. The van der Waals surface area contributed by atoms with Gasteiger partial charge in [0.05, 0.1) is 18.7 Å². The van der Waals surface area contributed by atoms with E-state index in [9.17, 15) is 9.59 Å². The van der Waals surface area contributed by atoms with Gasteiger partial charge in [-0.15, -0.1) is 0 Å².